The molecule has 2 aromatic carbocycles. The van der Waals surface area contributed by atoms with Crippen LogP contribution in [0.1, 0.15) is 25.5 Å². The highest BCUT2D eigenvalue weighted by molar-refractivity contribution is 9.10. The van der Waals surface area contributed by atoms with E-state index in [-0.39, 0.29) is 11.9 Å². The van der Waals surface area contributed by atoms with Crippen molar-refractivity contribution in [3.8, 4) is 5.75 Å². The Morgan fingerprint density at radius 1 is 1.29 bits per heavy atom. The molecule has 0 aromatic heterocycles. The van der Waals surface area contributed by atoms with Gasteiger partial charge in [-0.2, -0.15) is 0 Å². The van der Waals surface area contributed by atoms with Gasteiger partial charge in [-0.25, -0.2) is 4.39 Å². The van der Waals surface area contributed by atoms with Crippen molar-refractivity contribution in [2.24, 2.45) is 0 Å². The van der Waals surface area contributed by atoms with Gasteiger partial charge in [-0.1, -0.05) is 33.6 Å². The Morgan fingerprint density at radius 2 is 2.05 bits per heavy atom. The zero-order valence-corrected chi connectivity index (χ0v) is 14.1. The predicted molar refractivity (Wildman–Crippen MR) is 88.8 cm³/mol. The van der Waals surface area contributed by atoms with Crippen LogP contribution in [-0.2, 0) is 0 Å². The second kappa shape index (κ2) is 7.14. The molecule has 0 saturated heterocycles. The average molecular weight is 373 g/mol. The summed E-state index contributed by atoms with van der Waals surface area (Å²) in [7, 11) is 0. The van der Waals surface area contributed by atoms with Crippen molar-refractivity contribution < 1.29 is 9.13 Å². The minimum absolute atomic E-state index is 0.174. The number of anilines is 1. The summed E-state index contributed by atoms with van der Waals surface area (Å²) in [5, 5.41) is 3.77. The van der Waals surface area contributed by atoms with Gasteiger partial charge in [0.1, 0.15) is 11.6 Å². The molecule has 1 atom stereocenters. The topological polar surface area (TPSA) is 21.3 Å². The zero-order chi connectivity index (χ0) is 15.4. The van der Waals surface area contributed by atoms with E-state index in [0.717, 1.165) is 10.2 Å². The monoisotopic (exact) mass is 371 g/mol. The van der Waals surface area contributed by atoms with E-state index in [2.05, 4.69) is 21.2 Å². The summed E-state index contributed by atoms with van der Waals surface area (Å²) in [6.07, 6.45) is 0. The Morgan fingerprint density at radius 3 is 2.67 bits per heavy atom. The molecular formula is C16H16BrClFNO. The summed E-state index contributed by atoms with van der Waals surface area (Å²) in [6.45, 7) is 4.37. The molecule has 2 nitrogen and oxygen atoms in total. The van der Waals surface area contributed by atoms with Gasteiger partial charge >= 0.3 is 0 Å². The van der Waals surface area contributed by atoms with E-state index in [1.807, 2.05) is 26.0 Å². The zero-order valence-electron chi connectivity index (χ0n) is 11.8. The van der Waals surface area contributed by atoms with Gasteiger partial charge < -0.3 is 10.1 Å². The maximum absolute atomic E-state index is 13.9. The van der Waals surface area contributed by atoms with E-state index in [4.69, 9.17) is 16.3 Å². The van der Waals surface area contributed by atoms with Crippen molar-refractivity contribution >= 4 is 33.2 Å². The molecule has 0 bridgehead atoms. The van der Waals surface area contributed by atoms with E-state index >= 15 is 0 Å². The number of halogens is 3. The molecule has 0 fully saturated rings. The molecule has 21 heavy (non-hydrogen) atoms. The third-order valence-electron chi connectivity index (χ3n) is 3.04. The Balaban J connectivity index is 2.15. The molecule has 0 saturated carbocycles. The van der Waals surface area contributed by atoms with E-state index in [1.54, 1.807) is 18.2 Å². The van der Waals surface area contributed by atoms with Crippen LogP contribution in [0, 0.1) is 5.82 Å². The minimum atomic E-state index is -0.249. The summed E-state index contributed by atoms with van der Waals surface area (Å²) in [4.78, 5) is 0. The van der Waals surface area contributed by atoms with Crippen LogP contribution in [-0.4, -0.2) is 6.61 Å². The summed E-state index contributed by atoms with van der Waals surface area (Å²) >= 11 is 9.40. The number of hydrogen-bond acceptors (Lipinski definition) is 2. The van der Waals surface area contributed by atoms with Crippen molar-refractivity contribution in [1.82, 2.24) is 0 Å². The van der Waals surface area contributed by atoms with Gasteiger partial charge in [-0.3, -0.25) is 0 Å². The Kier molecular flexibility index (Phi) is 5.48. The van der Waals surface area contributed by atoms with Gasteiger partial charge in [0.2, 0.25) is 0 Å². The van der Waals surface area contributed by atoms with Crippen LogP contribution >= 0.6 is 27.5 Å². The molecule has 5 heteroatoms. The fourth-order valence-electron chi connectivity index (χ4n) is 2.04. The SMILES string of the molecule is CCOc1ccc(NC(C)c2ccc(Br)cc2F)cc1Cl. The standard InChI is InChI=1S/C16H16BrClFNO/c1-3-21-16-7-5-12(9-14(16)18)20-10(2)13-6-4-11(17)8-15(13)19/h4-10,20H,3H2,1-2H3. The Hall–Kier alpha value is -1.26. The van der Waals surface area contributed by atoms with Crippen LogP contribution < -0.4 is 10.1 Å². The molecule has 0 spiro atoms. The van der Waals surface area contributed by atoms with Crippen molar-refractivity contribution in [3.05, 3.63) is 57.3 Å². The molecule has 1 N–H and O–H groups in total. The maximum atomic E-state index is 13.9. The van der Waals surface area contributed by atoms with E-state index in [0.29, 0.717) is 22.9 Å². The van der Waals surface area contributed by atoms with Gasteiger partial charge in [0, 0.05) is 15.7 Å². The molecule has 0 amide bonds. The number of rotatable bonds is 5. The predicted octanol–water partition coefficient (Wildman–Crippen LogP) is 5.81. The molecule has 0 aliphatic rings. The van der Waals surface area contributed by atoms with Crippen molar-refractivity contribution in [1.29, 1.82) is 0 Å². The first-order valence-corrected chi connectivity index (χ1v) is 7.82. The molecule has 1 unspecified atom stereocenters. The highest BCUT2D eigenvalue weighted by Crippen LogP contribution is 2.30. The van der Waals surface area contributed by atoms with Crippen molar-refractivity contribution in [2.45, 2.75) is 19.9 Å². The molecule has 2 rings (SSSR count). The lowest BCUT2D eigenvalue weighted by Gasteiger charge is -2.17. The van der Waals surface area contributed by atoms with Gasteiger partial charge in [0.05, 0.1) is 17.7 Å². The quantitative estimate of drug-likeness (QED) is 0.714. The fraction of sp³-hybridized carbons (Fsp3) is 0.250. The first-order chi connectivity index (χ1) is 10.0. The molecular weight excluding hydrogens is 357 g/mol. The minimum Gasteiger partial charge on any atom is -0.492 e. The van der Waals surface area contributed by atoms with E-state index in [9.17, 15) is 4.39 Å². The summed E-state index contributed by atoms with van der Waals surface area (Å²) < 4.78 is 20.0. The van der Waals surface area contributed by atoms with Gasteiger partial charge in [0.15, 0.2) is 0 Å². The molecule has 0 heterocycles. The molecule has 2 aromatic rings. The Bertz CT molecular complexity index is 636. The normalized spacial score (nSPS) is 12.0. The van der Waals surface area contributed by atoms with Crippen LogP contribution in [0.15, 0.2) is 40.9 Å². The first-order valence-electron chi connectivity index (χ1n) is 6.65. The lowest BCUT2D eigenvalue weighted by Crippen LogP contribution is -2.08. The van der Waals surface area contributed by atoms with E-state index in [1.165, 1.54) is 6.07 Å². The molecule has 0 aliphatic carbocycles. The third kappa shape index (κ3) is 4.11. The highest BCUT2D eigenvalue weighted by atomic mass is 79.9. The van der Waals surface area contributed by atoms with Gasteiger partial charge in [-0.15, -0.1) is 0 Å². The number of ether oxygens (including phenoxy) is 1. The number of hydrogen-bond donors (Lipinski definition) is 1. The van der Waals surface area contributed by atoms with Crippen LogP contribution in [0.4, 0.5) is 10.1 Å². The molecule has 112 valence electrons. The lowest BCUT2D eigenvalue weighted by molar-refractivity contribution is 0.340. The highest BCUT2D eigenvalue weighted by Gasteiger charge is 2.12. The molecule has 0 aliphatic heterocycles. The Labute approximate surface area is 137 Å². The van der Waals surface area contributed by atoms with Gasteiger partial charge in [-0.05, 0) is 44.2 Å². The first kappa shape index (κ1) is 16.1. The second-order valence-corrected chi connectivity index (χ2v) is 5.93. The molecule has 0 radical (unpaired) electrons. The average Bonchev–Trinajstić information content (AvgIpc) is 2.41. The summed E-state index contributed by atoms with van der Waals surface area (Å²) in [6, 6.07) is 10.3. The van der Waals surface area contributed by atoms with Crippen molar-refractivity contribution in [2.75, 3.05) is 11.9 Å². The van der Waals surface area contributed by atoms with Gasteiger partial charge in [0.25, 0.3) is 0 Å². The smallest absolute Gasteiger partial charge is 0.138 e. The third-order valence-corrected chi connectivity index (χ3v) is 3.83. The second-order valence-electron chi connectivity index (χ2n) is 4.61. The van der Waals surface area contributed by atoms with Crippen LogP contribution in [0.3, 0.4) is 0 Å². The van der Waals surface area contributed by atoms with Crippen LogP contribution in [0.5, 0.6) is 5.75 Å². The fourth-order valence-corrected chi connectivity index (χ4v) is 2.61. The summed E-state index contributed by atoms with van der Waals surface area (Å²) in [5.41, 5.74) is 1.42. The van der Waals surface area contributed by atoms with Crippen LogP contribution in [0.2, 0.25) is 5.02 Å². The lowest BCUT2D eigenvalue weighted by atomic mass is 10.1. The number of nitrogens with one attached hydrogen (secondary N) is 1. The van der Waals surface area contributed by atoms with Crippen molar-refractivity contribution in [3.63, 3.8) is 0 Å². The summed E-state index contributed by atoms with van der Waals surface area (Å²) in [5.74, 6) is 0.397. The number of benzene rings is 2. The van der Waals surface area contributed by atoms with Crippen LogP contribution in [0.25, 0.3) is 0 Å². The largest absolute Gasteiger partial charge is 0.492 e. The van der Waals surface area contributed by atoms with E-state index < -0.39 is 0 Å². The maximum Gasteiger partial charge on any atom is 0.138 e.